The minimum absolute atomic E-state index is 0.00573. The van der Waals surface area contributed by atoms with Gasteiger partial charge in [-0.2, -0.15) is 9.97 Å². The monoisotopic (exact) mass is 546 g/mol. The molecule has 0 radical (unpaired) electrons. The van der Waals surface area contributed by atoms with Crippen molar-refractivity contribution in [3.63, 3.8) is 0 Å². The highest BCUT2D eigenvalue weighted by Gasteiger charge is 2.44. The number of halogens is 2. The van der Waals surface area contributed by atoms with Crippen LogP contribution in [0.25, 0.3) is 22.4 Å². The van der Waals surface area contributed by atoms with Crippen LogP contribution in [0.2, 0.25) is 5.28 Å². The van der Waals surface area contributed by atoms with Gasteiger partial charge in [-0.15, -0.1) is 5.10 Å². The molecule has 0 bridgehead atoms. The van der Waals surface area contributed by atoms with Gasteiger partial charge in [-0.25, -0.2) is 14.1 Å². The average molecular weight is 547 g/mol. The normalized spacial score (nSPS) is 21.4. The molecule has 0 amide bonds. The molecule has 0 spiro atoms. The summed E-state index contributed by atoms with van der Waals surface area (Å²) in [7, 11) is 0. The molecule has 5 rings (SSSR count). The summed E-state index contributed by atoms with van der Waals surface area (Å²) in [4.78, 5) is 15.3. The van der Waals surface area contributed by atoms with Gasteiger partial charge in [0.25, 0.3) is 0 Å². The second-order valence-electron chi connectivity index (χ2n) is 9.04. The number of aryl methyl sites for hydroxylation is 1. The summed E-state index contributed by atoms with van der Waals surface area (Å²) >= 11 is 6.32. The minimum Gasteiger partial charge on any atom is -0.394 e. The lowest BCUT2D eigenvalue weighted by Crippen LogP contribution is -2.33. The molecule has 1 saturated heterocycles. The van der Waals surface area contributed by atoms with Crippen LogP contribution in [-0.2, 0) is 17.8 Å². The molecule has 1 fully saturated rings. The first kappa shape index (κ1) is 26.4. The summed E-state index contributed by atoms with van der Waals surface area (Å²) in [5, 5.41) is 38.2. The first-order chi connectivity index (χ1) is 18.4. The Morgan fingerprint density at radius 1 is 1.16 bits per heavy atom. The van der Waals surface area contributed by atoms with Crippen molar-refractivity contribution in [1.82, 2.24) is 34.5 Å². The molecule has 1 aliphatic heterocycles. The number of ether oxygens (including phenoxy) is 1. The lowest BCUT2D eigenvalue weighted by molar-refractivity contribution is -0.0511. The number of hydrogen-bond acceptors (Lipinski definition) is 10. The van der Waals surface area contributed by atoms with Crippen molar-refractivity contribution in [2.75, 3.05) is 24.7 Å². The van der Waals surface area contributed by atoms with Gasteiger partial charge in [0, 0.05) is 18.7 Å². The molecule has 0 aliphatic carbocycles. The molecule has 12 nitrogen and oxygen atoms in total. The average Bonchev–Trinajstić information content (AvgIpc) is 3.62. The van der Waals surface area contributed by atoms with Gasteiger partial charge in [0.1, 0.15) is 30.7 Å². The lowest BCUT2D eigenvalue weighted by Gasteiger charge is -2.24. The van der Waals surface area contributed by atoms with Crippen molar-refractivity contribution in [3.8, 4) is 11.3 Å². The predicted molar refractivity (Wildman–Crippen MR) is 136 cm³/mol. The van der Waals surface area contributed by atoms with Crippen molar-refractivity contribution < 1.29 is 24.4 Å². The zero-order valence-electron chi connectivity index (χ0n) is 20.6. The van der Waals surface area contributed by atoms with E-state index in [2.05, 4.69) is 32.2 Å². The summed E-state index contributed by atoms with van der Waals surface area (Å²) in [6.07, 6.45) is -0.487. The van der Waals surface area contributed by atoms with Crippen molar-refractivity contribution in [2.24, 2.45) is 0 Å². The van der Waals surface area contributed by atoms with E-state index in [1.807, 2.05) is 29.2 Å². The second-order valence-corrected chi connectivity index (χ2v) is 9.38. The number of hydrogen-bond donors (Lipinski definition) is 3. The van der Waals surface area contributed by atoms with Crippen molar-refractivity contribution in [2.45, 2.75) is 51.0 Å². The van der Waals surface area contributed by atoms with Crippen LogP contribution in [0.15, 0.2) is 36.8 Å². The van der Waals surface area contributed by atoms with E-state index in [-0.39, 0.29) is 11.8 Å². The molecule has 4 heterocycles. The van der Waals surface area contributed by atoms with E-state index < -0.39 is 37.8 Å². The molecule has 4 atom stereocenters. The summed E-state index contributed by atoms with van der Waals surface area (Å²) in [5.41, 5.74) is 3.33. The molecule has 3 N–H and O–H groups in total. The summed E-state index contributed by atoms with van der Waals surface area (Å²) < 4.78 is 21.2. The quantitative estimate of drug-likeness (QED) is 0.251. The van der Waals surface area contributed by atoms with Gasteiger partial charge in [-0.05, 0) is 23.6 Å². The van der Waals surface area contributed by atoms with Gasteiger partial charge in [-0.1, -0.05) is 36.4 Å². The number of fused-ring (bicyclic) bond motifs is 1. The second kappa shape index (κ2) is 11.3. The SMILES string of the molecule is CCCN(Cc1ccc(-c2cn(CCF)nn2)cc1)c1nc(Cl)nc2c1ncn2[C@@H]1O[C@H](CO)[C@H](O)[C@@H]1O. The van der Waals surface area contributed by atoms with Crippen LogP contribution in [-0.4, -0.2) is 88.0 Å². The predicted octanol–water partition coefficient (Wildman–Crippen LogP) is 1.74. The number of anilines is 1. The third kappa shape index (κ3) is 5.07. The molecule has 1 aromatic carbocycles. The highest BCUT2D eigenvalue weighted by molar-refractivity contribution is 6.28. The van der Waals surface area contributed by atoms with Crippen LogP contribution in [0.4, 0.5) is 10.2 Å². The molecule has 1 aliphatic rings. The van der Waals surface area contributed by atoms with Crippen molar-refractivity contribution >= 4 is 28.6 Å². The number of nitrogens with zero attached hydrogens (tertiary/aromatic N) is 8. The van der Waals surface area contributed by atoms with Crippen LogP contribution in [0.3, 0.4) is 0 Å². The van der Waals surface area contributed by atoms with E-state index in [4.69, 9.17) is 16.3 Å². The zero-order valence-corrected chi connectivity index (χ0v) is 21.4. The molecule has 202 valence electrons. The van der Waals surface area contributed by atoms with Crippen LogP contribution in [0, 0.1) is 0 Å². The Balaban J connectivity index is 1.43. The third-order valence-electron chi connectivity index (χ3n) is 6.44. The van der Waals surface area contributed by atoms with E-state index in [0.717, 1.165) is 17.5 Å². The van der Waals surface area contributed by atoms with E-state index in [9.17, 15) is 19.7 Å². The number of imidazole rings is 1. The van der Waals surface area contributed by atoms with Crippen LogP contribution < -0.4 is 4.90 Å². The maximum Gasteiger partial charge on any atom is 0.226 e. The maximum absolute atomic E-state index is 12.6. The van der Waals surface area contributed by atoms with Crippen molar-refractivity contribution in [3.05, 3.63) is 47.6 Å². The third-order valence-corrected chi connectivity index (χ3v) is 6.60. The molecular weight excluding hydrogens is 519 g/mol. The fourth-order valence-corrected chi connectivity index (χ4v) is 4.71. The van der Waals surface area contributed by atoms with E-state index in [0.29, 0.717) is 35.8 Å². The van der Waals surface area contributed by atoms with Crippen molar-refractivity contribution in [1.29, 1.82) is 0 Å². The molecule has 14 heteroatoms. The molecular formula is C24H28ClFN8O4. The Kier molecular flexibility index (Phi) is 7.81. The Labute approximate surface area is 222 Å². The highest BCUT2D eigenvalue weighted by atomic mass is 35.5. The number of alkyl halides is 1. The Morgan fingerprint density at radius 2 is 1.95 bits per heavy atom. The number of benzene rings is 1. The summed E-state index contributed by atoms with van der Waals surface area (Å²) in [5.74, 6) is 0.519. The number of aromatic nitrogens is 7. The van der Waals surface area contributed by atoms with Crippen LogP contribution >= 0.6 is 11.6 Å². The smallest absolute Gasteiger partial charge is 0.226 e. The number of aliphatic hydroxyl groups excluding tert-OH is 3. The van der Waals surface area contributed by atoms with E-state index in [1.54, 1.807) is 6.20 Å². The van der Waals surface area contributed by atoms with Crippen LogP contribution in [0.5, 0.6) is 0 Å². The zero-order chi connectivity index (χ0) is 26.8. The summed E-state index contributed by atoms with van der Waals surface area (Å²) in [6, 6.07) is 7.82. The Bertz CT molecular complexity index is 1380. The van der Waals surface area contributed by atoms with Gasteiger partial charge in [0.2, 0.25) is 5.28 Å². The van der Waals surface area contributed by atoms with E-state index >= 15 is 0 Å². The first-order valence-corrected chi connectivity index (χ1v) is 12.6. The van der Waals surface area contributed by atoms with Gasteiger partial charge in [-0.3, -0.25) is 4.57 Å². The molecule has 0 saturated carbocycles. The van der Waals surface area contributed by atoms with Crippen LogP contribution in [0.1, 0.15) is 25.1 Å². The molecule has 3 aromatic heterocycles. The molecule has 4 aromatic rings. The highest BCUT2D eigenvalue weighted by Crippen LogP contribution is 2.34. The number of rotatable bonds is 10. The van der Waals surface area contributed by atoms with Gasteiger partial charge < -0.3 is 25.0 Å². The van der Waals surface area contributed by atoms with E-state index in [1.165, 1.54) is 15.6 Å². The minimum atomic E-state index is -1.29. The lowest BCUT2D eigenvalue weighted by atomic mass is 10.1. The van der Waals surface area contributed by atoms with Gasteiger partial charge in [0.05, 0.1) is 25.7 Å². The number of aliphatic hydroxyl groups is 3. The Morgan fingerprint density at radius 3 is 2.63 bits per heavy atom. The van der Waals surface area contributed by atoms with Gasteiger partial charge >= 0.3 is 0 Å². The maximum atomic E-state index is 12.6. The first-order valence-electron chi connectivity index (χ1n) is 12.3. The largest absolute Gasteiger partial charge is 0.394 e. The summed E-state index contributed by atoms with van der Waals surface area (Å²) in [6.45, 7) is 2.43. The van der Waals surface area contributed by atoms with Gasteiger partial charge in [0.15, 0.2) is 23.2 Å². The molecule has 38 heavy (non-hydrogen) atoms. The Hall–Kier alpha value is -3.23. The fourth-order valence-electron chi connectivity index (χ4n) is 4.55. The fraction of sp³-hybridized carbons (Fsp3) is 0.458. The standard InChI is InChI=1S/C24H28ClFN8O4/c1-2-8-32(10-14-3-5-15(6-4-14)16-11-33(9-7-26)31-30-16)21-18-22(29-24(25)28-21)34(13-27-18)23-20(37)19(36)17(12-35)38-23/h3-6,11,13,17,19-20,23,35-37H,2,7-10,12H2,1H3/t17-,19+,20+,23-/m1/s1. The topological polar surface area (TPSA) is 147 Å². The molecule has 0 unspecified atom stereocenters.